The molecule has 7 nitrogen and oxygen atoms in total. The van der Waals surface area contributed by atoms with Crippen molar-refractivity contribution in [2.24, 2.45) is 0 Å². The van der Waals surface area contributed by atoms with Crippen LogP contribution < -0.4 is 0 Å². The summed E-state index contributed by atoms with van der Waals surface area (Å²) in [5.41, 5.74) is 0.700. The summed E-state index contributed by atoms with van der Waals surface area (Å²) in [6.45, 7) is 2.09. The van der Waals surface area contributed by atoms with Crippen LogP contribution in [0.2, 0.25) is 5.02 Å². The van der Waals surface area contributed by atoms with Gasteiger partial charge in [-0.3, -0.25) is 14.5 Å². The second-order valence-corrected chi connectivity index (χ2v) is 6.44. The van der Waals surface area contributed by atoms with Gasteiger partial charge in [0.15, 0.2) is 0 Å². The zero-order valence-electron chi connectivity index (χ0n) is 13.9. The number of piperazine rings is 1. The predicted octanol–water partition coefficient (Wildman–Crippen LogP) is 1.72. The van der Waals surface area contributed by atoms with Crippen molar-refractivity contribution in [3.05, 3.63) is 52.6 Å². The van der Waals surface area contributed by atoms with Gasteiger partial charge in [0.05, 0.1) is 0 Å². The first kappa shape index (κ1) is 18.3. The largest absolute Gasteiger partial charge is 0.480 e. The number of aromatic nitrogens is 2. The van der Waals surface area contributed by atoms with Gasteiger partial charge >= 0.3 is 5.97 Å². The van der Waals surface area contributed by atoms with E-state index in [4.69, 9.17) is 16.7 Å². The van der Waals surface area contributed by atoms with Crippen LogP contribution in [0.4, 0.5) is 4.39 Å². The molecule has 1 fully saturated rings. The lowest BCUT2D eigenvalue weighted by Crippen LogP contribution is -2.48. The molecule has 0 atom stereocenters. The number of amides is 1. The van der Waals surface area contributed by atoms with Crippen molar-refractivity contribution in [1.82, 2.24) is 19.6 Å². The topological polar surface area (TPSA) is 78.7 Å². The average Bonchev–Trinajstić information content (AvgIpc) is 3.05. The van der Waals surface area contributed by atoms with Gasteiger partial charge in [0.25, 0.3) is 5.91 Å². The van der Waals surface area contributed by atoms with Crippen molar-refractivity contribution in [1.29, 1.82) is 0 Å². The normalized spacial score (nSPS) is 15.2. The molecule has 1 saturated heterocycles. The fraction of sp³-hybridized carbons (Fsp3) is 0.353. The summed E-state index contributed by atoms with van der Waals surface area (Å²) in [5.74, 6) is -1.66. The maximum absolute atomic E-state index is 13.9. The SMILES string of the molecule is O=C(O)Cn1nccc1C(=O)N1CCN(Cc2c(F)cccc2Cl)CC1. The number of benzene rings is 1. The number of carbonyl (C=O) groups is 2. The Balaban J connectivity index is 1.61. The Labute approximate surface area is 154 Å². The van der Waals surface area contributed by atoms with E-state index in [9.17, 15) is 14.0 Å². The molecule has 1 aliphatic rings. The van der Waals surface area contributed by atoms with Crippen molar-refractivity contribution in [3.63, 3.8) is 0 Å². The molecule has 1 amide bonds. The molecule has 1 aromatic carbocycles. The Bertz CT molecular complexity index is 798. The molecule has 1 aliphatic heterocycles. The molecule has 1 aromatic heterocycles. The minimum Gasteiger partial charge on any atom is -0.480 e. The van der Waals surface area contributed by atoms with Crippen molar-refractivity contribution in [2.45, 2.75) is 13.1 Å². The summed E-state index contributed by atoms with van der Waals surface area (Å²) < 4.78 is 15.1. The molecule has 2 aromatic rings. The molecule has 0 aliphatic carbocycles. The van der Waals surface area contributed by atoms with Gasteiger partial charge in [-0.25, -0.2) is 9.07 Å². The highest BCUT2D eigenvalue weighted by Gasteiger charge is 2.25. The molecule has 0 bridgehead atoms. The lowest BCUT2D eigenvalue weighted by Gasteiger charge is -2.34. The van der Waals surface area contributed by atoms with Crippen LogP contribution >= 0.6 is 11.6 Å². The van der Waals surface area contributed by atoms with Gasteiger partial charge in [-0.1, -0.05) is 17.7 Å². The van der Waals surface area contributed by atoms with Crippen molar-refractivity contribution >= 4 is 23.5 Å². The average molecular weight is 381 g/mol. The van der Waals surface area contributed by atoms with Crippen molar-refractivity contribution in [3.8, 4) is 0 Å². The van der Waals surface area contributed by atoms with E-state index in [1.165, 1.54) is 23.0 Å². The number of aliphatic carboxylic acids is 1. The summed E-state index contributed by atoms with van der Waals surface area (Å²) >= 11 is 6.07. The number of rotatable bonds is 5. The first-order valence-electron chi connectivity index (χ1n) is 8.14. The van der Waals surface area contributed by atoms with Gasteiger partial charge in [-0.05, 0) is 18.2 Å². The van der Waals surface area contributed by atoms with E-state index in [0.717, 1.165) is 0 Å². The minimum absolute atomic E-state index is 0.248. The molecule has 0 unspecified atom stereocenters. The summed E-state index contributed by atoms with van der Waals surface area (Å²) in [4.78, 5) is 27.1. The maximum Gasteiger partial charge on any atom is 0.325 e. The molecule has 0 saturated carbocycles. The molecule has 26 heavy (non-hydrogen) atoms. The third kappa shape index (κ3) is 4.03. The van der Waals surface area contributed by atoms with Gasteiger partial charge in [0.1, 0.15) is 18.1 Å². The minimum atomic E-state index is -1.06. The van der Waals surface area contributed by atoms with Crippen LogP contribution in [0.3, 0.4) is 0 Å². The van der Waals surface area contributed by atoms with Crippen molar-refractivity contribution in [2.75, 3.05) is 26.2 Å². The first-order chi connectivity index (χ1) is 12.5. The molecule has 9 heteroatoms. The smallest absolute Gasteiger partial charge is 0.325 e. The van der Waals surface area contributed by atoms with Crippen LogP contribution in [0, 0.1) is 5.82 Å². The van der Waals surface area contributed by atoms with Gasteiger partial charge in [-0.15, -0.1) is 0 Å². The fourth-order valence-corrected chi connectivity index (χ4v) is 3.17. The zero-order chi connectivity index (χ0) is 18.7. The molecule has 138 valence electrons. The van der Waals surface area contributed by atoms with E-state index in [2.05, 4.69) is 5.10 Å². The summed E-state index contributed by atoms with van der Waals surface area (Å²) in [6.07, 6.45) is 1.41. The van der Waals surface area contributed by atoms with Gasteiger partial charge in [-0.2, -0.15) is 5.10 Å². The highest BCUT2D eigenvalue weighted by molar-refractivity contribution is 6.31. The van der Waals surface area contributed by atoms with Gasteiger partial charge < -0.3 is 10.0 Å². The Hall–Kier alpha value is -2.45. The molecule has 0 spiro atoms. The lowest BCUT2D eigenvalue weighted by molar-refractivity contribution is -0.137. The number of hydrogen-bond acceptors (Lipinski definition) is 4. The fourth-order valence-electron chi connectivity index (χ4n) is 2.95. The first-order valence-corrected chi connectivity index (χ1v) is 8.51. The molecular formula is C17H18ClFN4O3. The molecular weight excluding hydrogens is 363 g/mol. The summed E-state index contributed by atoms with van der Waals surface area (Å²) in [7, 11) is 0. The van der Waals surface area contributed by atoms with Crippen LogP contribution in [-0.4, -0.2) is 62.7 Å². The van der Waals surface area contributed by atoms with E-state index in [1.807, 2.05) is 4.90 Å². The number of halogens is 2. The van der Waals surface area contributed by atoms with Crippen molar-refractivity contribution < 1.29 is 19.1 Å². The Morgan fingerprint density at radius 2 is 1.92 bits per heavy atom. The Morgan fingerprint density at radius 3 is 2.58 bits per heavy atom. The number of carbonyl (C=O) groups excluding carboxylic acids is 1. The van der Waals surface area contributed by atoms with E-state index in [0.29, 0.717) is 43.3 Å². The number of nitrogens with zero attached hydrogens (tertiary/aromatic N) is 4. The number of carboxylic acid groups (broad SMARTS) is 1. The summed E-state index contributed by atoms with van der Waals surface area (Å²) in [5, 5.41) is 13.2. The second kappa shape index (κ2) is 7.84. The Morgan fingerprint density at radius 1 is 1.19 bits per heavy atom. The lowest BCUT2D eigenvalue weighted by atomic mass is 10.1. The number of carboxylic acids is 1. The van der Waals surface area contributed by atoms with Crippen LogP contribution in [0.15, 0.2) is 30.5 Å². The van der Waals surface area contributed by atoms with Gasteiger partial charge in [0, 0.05) is 49.5 Å². The predicted molar refractivity (Wildman–Crippen MR) is 92.5 cm³/mol. The van der Waals surface area contributed by atoms with E-state index >= 15 is 0 Å². The third-order valence-electron chi connectivity index (χ3n) is 4.32. The van der Waals surface area contributed by atoms with Crippen LogP contribution in [0.25, 0.3) is 0 Å². The molecule has 2 heterocycles. The van der Waals surface area contributed by atoms with Crippen LogP contribution in [0.1, 0.15) is 16.1 Å². The van der Waals surface area contributed by atoms with Crippen LogP contribution in [0.5, 0.6) is 0 Å². The standard InChI is InChI=1S/C17H18ClFN4O3/c18-13-2-1-3-14(19)12(13)10-21-6-8-22(9-7-21)17(26)15-4-5-20-23(15)11-16(24)25/h1-5H,6-11H2,(H,24,25). The van der Waals surface area contributed by atoms with Gasteiger partial charge in [0.2, 0.25) is 0 Å². The molecule has 0 radical (unpaired) electrons. The maximum atomic E-state index is 13.9. The van der Waals surface area contributed by atoms with E-state index in [1.54, 1.807) is 17.0 Å². The highest BCUT2D eigenvalue weighted by Crippen LogP contribution is 2.21. The zero-order valence-corrected chi connectivity index (χ0v) is 14.7. The van der Waals surface area contributed by atoms with E-state index < -0.39 is 5.97 Å². The number of hydrogen-bond donors (Lipinski definition) is 1. The second-order valence-electron chi connectivity index (χ2n) is 6.04. The molecule has 1 N–H and O–H groups in total. The monoisotopic (exact) mass is 380 g/mol. The highest BCUT2D eigenvalue weighted by atomic mass is 35.5. The van der Waals surface area contributed by atoms with Crippen LogP contribution in [-0.2, 0) is 17.9 Å². The third-order valence-corrected chi connectivity index (χ3v) is 4.68. The Kier molecular flexibility index (Phi) is 5.53. The summed E-state index contributed by atoms with van der Waals surface area (Å²) in [6, 6.07) is 6.11. The molecule has 3 rings (SSSR count). The quantitative estimate of drug-likeness (QED) is 0.854. The van der Waals surface area contributed by atoms with E-state index in [-0.39, 0.29) is 24.0 Å².